The number of nitrogens with one attached hydrogen (secondary N) is 1. The summed E-state index contributed by atoms with van der Waals surface area (Å²) in [5.74, 6) is -0.673. The SMILES string of the molecule is CC(C)C(C)CNC(=O)N1CC(C(=O)O)c2ccccc21. The third-order valence-corrected chi connectivity index (χ3v) is 4.22. The first kappa shape index (κ1) is 15.4. The topological polar surface area (TPSA) is 69.6 Å². The summed E-state index contributed by atoms with van der Waals surface area (Å²) >= 11 is 0. The van der Waals surface area contributed by atoms with E-state index < -0.39 is 11.9 Å². The Morgan fingerprint density at radius 2 is 2.00 bits per heavy atom. The molecule has 0 aromatic heterocycles. The molecule has 5 heteroatoms. The van der Waals surface area contributed by atoms with Crippen LogP contribution in [0.15, 0.2) is 24.3 Å². The second kappa shape index (κ2) is 6.16. The van der Waals surface area contributed by atoms with Crippen molar-refractivity contribution in [2.24, 2.45) is 11.8 Å². The summed E-state index contributed by atoms with van der Waals surface area (Å²) in [7, 11) is 0. The van der Waals surface area contributed by atoms with Gasteiger partial charge in [-0.05, 0) is 23.5 Å². The van der Waals surface area contributed by atoms with Crippen LogP contribution in [-0.4, -0.2) is 30.2 Å². The van der Waals surface area contributed by atoms with E-state index >= 15 is 0 Å². The molecule has 2 rings (SSSR count). The van der Waals surface area contributed by atoms with Crippen LogP contribution in [0.25, 0.3) is 0 Å². The van der Waals surface area contributed by atoms with E-state index in [4.69, 9.17) is 0 Å². The highest BCUT2D eigenvalue weighted by Crippen LogP contribution is 2.36. The van der Waals surface area contributed by atoms with Gasteiger partial charge in [0.1, 0.15) is 5.92 Å². The fourth-order valence-electron chi connectivity index (χ4n) is 2.39. The first-order valence-corrected chi connectivity index (χ1v) is 7.29. The molecule has 1 aromatic carbocycles. The van der Waals surface area contributed by atoms with E-state index in [1.165, 1.54) is 4.90 Å². The predicted molar refractivity (Wildman–Crippen MR) is 81.6 cm³/mol. The van der Waals surface area contributed by atoms with Crippen LogP contribution in [0.3, 0.4) is 0 Å². The Bertz CT molecular complexity index is 542. The number of fused-ring (bicyclic) bond motifs is 1. The molecule has 114 valence electrons. The molecule has 2 amide bonds. The molecule has 0 aliphatic carbocycles. The molecule has 2 N–H and O–H groups in total. The summed E-state index contributed by atoms with van der Waals surface area (Å²) in [5.41, 5.74) is 1.40. The van der Waals surface area contributed by atoms with E-state index in [-0.39, 0.29) is 12.6 Å². The number of urea groups is 1. The minimum Gasteiger partial charge on any atom is -0.481 e. The molecule has 2 unspecified atom stereocenters. The zero-order valence-corrected chi connectivity index (χ0v) is 12.7. The maximum absolute atomic E-state index is 12.3. The van der Waals surface area contributed by atoms with Crippen LogP contribution < -0.4 is 10.2 Å². The number of hydrogen-bond acceptors (Lipinski definition) is 2. The standard InChI is InChI=1S/C16H22N2O3/c1-10(2)11(3)8-17-16(21)18-9-13(15(19)20)12-6-4-5-7-14(12)18/h4-7,10-11,13H,8-9H2,1-3H3,(H,17,21)(H,19,20). The molecule has 5 nitrogen and oxygen atoms in total. The molecule has 0 saturated carbocycles. The van der Waals surface area contributed by atoms with Gasteiger partial charge >= 0.3 is 12.0 Å². The number of benzene rings is 1. The largest absolute Gasteiger partial charge is 0.481 e. The van der Waals surface area contributed by atoms with Crippen molar-refractivity contribution in [3.8, 4) is 0 Å². The smallest absolute Gasteiger partial charge is 0.321 e. The lowest BCUT2D eigenvalue weighted by Crippen LogP contribution is -2.42. The van der Waals surface area contributed by atoms with Crippen LogP contribution in [0.4, 0.5) is 10.5 Å². The molecule has 1 heterocycles. The van der Waals surface area contributed by atoms with Crippen LogP contribution in [0.2, 0.25) is 0 Å². The van der Waals surface area contributed by atoms with Gasteiger partial charge in [-0.2, -0.15) is 0 Å². The number of amides is 2. The third kappa shape index (κ3) is 3.17. The molecular formula is C16H22N2O3. The molecule has 1 aliphatic rings. The Morgan fingerprint density at radius 1 is 1.33 bits per heavy atom. The van der Waals surface area contributed by atoms with E-state index in [1.807, 2.05) is 6.07 Å². The highest BCUT2D eigenvalue weighted by molar-refractivity contribution is 5.98. The van der Waals surface area contributed by atoms with E-state index in [0.29, 0.717) is 29.6 Å². The lowest BCUT2D eigenvalue weighted by molar-refractivity contribution is -0.138. The molecular weight excluding hydrogens is 268 g/mol. The van der Waals surface area contributed by atoms with E-state index in [9.17, 15) is 14.7 Å². The van der Waals surface area contributed by atoms with Crippen molar-refractivity contribution in [3.63, 3.8) is 0 Å². The summed E-state index contributed by atoms with van der Waals surface area (Å²) in [6.45, 7) is 7.09. The van der Waals surface area contributed by atoms with Gasteiger partial charge in [0.25, 0.3) is 0 Å². The molecule has 0 spiro atoms. The highest BCUT2D eigenvalue weighted by atomic mass is 16.4. The average Bonchev–Trinajstić information content (AvgIpc) is 2.84. The quantitative estimate of drug-likeness (QED) is 0.895. The van der Waals surface area contributed by atoms with Crippen LogP contribution in [-0.2, 0) is 4.79 Å². The Hall–Kier alpha value is -2.04. The van der Waals surface area contributed by atoms with Gasteiger partial charge in [-0.3, -0.25) is 9.69 Å². The second-order valence-electron chi connectivity index (χ2n) is 5.97. The van der Waals surface area contributed by atoms with E-state index in [0.717, 1.165) is 0 Å². The third-order valence-electron chi connectivity index (χ3n) is 4.22. The molecule has 0 fully saturated rings. The number of nitrogens with zero attached hydrogens (tertiary/aromatic N) is 1. The Labute approximate surface area is 125 Å². The molecule has 0 radical (unpaired) electrons. The number of hydrogen-bond donors (Lipinski definition) is 2. The Morgan fingerprint density at radius 3 is 2.62 bits per heavy atom. The van der Waals surface area contributed by atoms with Crippen molar-refractivity contribution >= 4 is 17.7 Å². The predicted octanol–water partition coefficient (Wildman–Crippen LogP) is 2.68. The van der Waals surface area contributed by atoms with Gasteiger partial charge in [0.15, 0.2) is 0 Å². The van der Waals surface area contributed by atoms with Gasteiger partial charge in [0, 0.05) is 18.8 Å². The van der Waals surface area contributed by atoms with Gasteiger partial charge in [-0.1, -0.05) is 39.0 Å². The van der Waals surface area contributed by atoms with Crippen LogP contribution in [0.5, 0.6) is 0 Å². The number of carbonyl (C=O) groups is 2. The highest BCUT2D eigenvalue weighted by Gasteiger charge is 2.36. The molecule has 21 heavy (non-hydrogen) atoms. The monoisotopic (exact) mass is 290 g/mol. The summed E-state index contributed by atoms with van der Waals surface area (Å²) in [6, 6.07) is 6.97. The van der Waals surface area contributed by atoms with E-state index in [1.54, 1.807) is 18.2 Å². The van der Waals surface area contributed by atoms with E-state index in [2.05, 4.69) is 26.1 Å². The van der Waals surface area contributed by atoms with Crippen LogP contribution >= 0.6 is 0 Å². The minimum atomic E-state index is -0.895. The van der Waals surface area contributed by atoms with Crippen molar-refractivity contribution in [3.05, 3.63) is 29.8 Å². The summed E-state index contributed by atoms with van der Waals surface area (Å²) < 4.78 is 0. The number of aliphatic carboxylic acids is 1. The van der Waals surface area contributed by atoms with Crippen LogP contribution in [0, 0.1) is 11.8 Å². The van der Waals surface area contributed by atoms with Crippen molar-refractivity contribution in [1.29, 1.82) is 0 Å². The second-order valence-corrected chi connectivity index (χ2v) is 5.97. The van der Waals surface area contributed by atoms with Gasteiger partial charge in [-0.25, -0.2) is 4.79 Å². The number of carboxylic acid groups (broad SMARTS) is 1. The summed E-state index contributed by atoms with van der Waals surface area (Å²) in [4.78, 5) is 25.2. The Balaban J connectivity index is 2.11. The molecule has 0 bridgehead atoms. The fraction of sp³-hybridized carbons (Fsp3) is 0.500. The van der Waals surface area contributed by atoms with Gasteiger partial charge in [-0.15, -0.1) is 0 Å². The molecule has 0 saturated heterocycles. The Kier molecular flexibility index (Phi) is 4.50. The van der Waals surface area contributed by atoms with Crippen molar-refractivity contribution in [2.75, 3.05) is 18.0 Å². The minimum absolute atomic E-state index is 0.191. The van der Waals surface area contributed by atoms with Crippen molar-refractivity contribution in [1.82, 2.24) is 5.32 Å². The maximum atomic E-state index is 12.3. The number of anilines is 1. The van der Waals surface area contributed by atoms with Gasteiger partial charge in [0.2, 0.25) is 0 Å². The van der Waals surface area contributed by atoms with Crippen molar-refractivity contribution < 1.29 is 14.7 Å². The maximum Gasteiger partial charge on any atom is 0.321 e. The first-order chi connectivity index (χ1) is 9.91. The summed E-state index contributed by atoms with van der Waals surface area (Å²) in [5, 5.41) is 12.2. The van der Waals surface area contributed by atoms with Crippen LogP contribution in [0.1, 0.15) is 32.3 Å². The summed E-state index contributed by atoms with van der Waals surface area (Å²) in [6.07, 6.45) is 0. The normalized spacial score (nSPS) is 18.5. The number of carboxylic acids is 1. The van der Waals surface area contributed by atoms with Gasteiger partial charge < -0.3 is 10.4 Å². The number of para-hydroxylation sites is 1. The average molecular weight is 290 g/mol. The zero-order chi connectivity index (χ0) is 15.6. The number of carbonyl (C=O) groups excluding carboxylic acids is 1. The fourth-order valence-corrected chi connectivity index (χ4v) is 2.39. The first-order valence-electron chi connectivity index (χ1n) is 7.29. The lowest BCUT2D eigenvalue weighted by atomic mass is 9.98. The molecule has 1 aliphatic heterocycles. The lowest BCUT2D eigenvalue weighted by Gasteiger charge is -2.21. The zero-order valence-electron chi connectivity index (χ0n) is 12.7. The molecule has 2 atom stereocenters. The van der Waals surface area contributed by atoms with Gasteiger partial charge in [0.05, 0.1) is 0 Å². The molecule has 1 aromatic rings. The van der Waals surface area contributed by atoms with Crippen molar-refractivity contribution in [2.45, 2.75) is 26.7 Å². The number of rotatable bonds is 4.